The van der Waals surface area contributed by atoms with E-state index in [1.807, 2.05) is 6.07 Å². The molecule has 1 aromatic rings. The van der Waals surface area contributed by atoms with Gasteiger partial charge >= 0.3 is 0 Å². The van der Waals surface area contributed by atoms with Gasteiger partial charge in [-0.3, -0.25) is 0 Å². The third-order valence-corrected chi connectivity index (χ3v) is 2.99. The number of nitriles is 1. The number of hydrogen-bond acceptors (Lipinski definition) is 6. The topological polar surface area (TPSA) is 75.6 Å². The van der Waals surface area contributed by atoms with Crippen LogP contribution in [0.5, 0.6) is 0 Å². The van der Waals surface area contributed by atoms with Crippen molar-refractivity contribution < 1.29 is 0 Å². The van der Waals surface area contributed by atoms with Gasteiger partial charge in [0.2, 0.25) is 0 Å². The molecule has 12 heavy (non-hydrogen) atoms. The van der Waals surface area contributed by atoms with E-state index >= 15 is 0 Å². The van der Waals surface area contributed by atoms with Crippen LogP contribution in [0.4, 0.5) is 0 Å². The van der Waals surface area contributed by atoms with Crippen molar-refractivity contribution >= 4 is 23.3 Å². The molecule has 64 valence electrons. The number of aromatic nitrogens is 2. The summed E-state index contributed by atoms with van der Waals surface area (Å²) in [6, 6.07) is 1.62. The molecule has 0 saturated heterocycles. The first-order valence-electron chi connectivity index (χ1n) is 3.37. The molecule has 0 aliphatic heterocycles. The van der Waals surface area contributed by atoms with E-state index in [2.05, 4.69) is 9.36 Å². The van der Waals surface area contributed by atoms with Gasteiger partial charge in [-0.15, -0.1) is 0 Å². The Bertz CT molecular complexity index is 253. The highest BCUT2D eigenvalue weighted by Gasteiger charge is 2.01. The minimum atomic E-state index is -0.356. The van der Waals surface area contributed by atoms with E-state index in [-0.39, 0.29) is 6.04 Å². The highest BCUT2D eigenvalue weighted by molar-refractivity contribution is 8.00. The lowest BCUT2D eigenvalue weighted by atomic mass is 10.3. The summed E-state index contributed by atoms with van der Waals surface area (Å²) in [5.41, 5.74) is 5.41. The number of hydrogen-bond donors (Lipinski definition) is 1. The average molecular weight is 200 g/mol. The number of nitrogens with two attached hydrogens (primary N) is 1. The molecule has 1 heterocycles. The van der Waals surface area contributed by atoms with Gasteiger partial charge in [0.15, 0.2) is 4.34 Å². The average Bonchev–Trinajstić information content (AvgIpc) is 2.57. The molecule has 0 radical (unpaired) electrons. The number of rotatable bonds is 4. The Morgan fingerprint density at radius 3 is 3.25 bits per heavy atom. The van der Waals surface area contributed by atoms with Crippen LogP contribution in [0.25, 0.3) is 0 Å². The van der Waals surface area contributed by atoms with Gasteiger partial charge in [0.25, 0.3) is 0 Å². The first-order valence-corrected chi connectivity index (χ1v) is 5.13. The predicted octanol–water partition coefficient (Wildman–Crippen LogP) is 0.871. The molecule has 1 aromatic heterocycles. The molecule has 0 aliphatic rings. The lowest BCUT2D eigenvalue weighted by Crippen LogP contribution is -2.17. The minimum absolute atomic E-state index is 0.356. The number of nitrogens with zero attached hydrogens (tertiary/aromatic N) is 3. The Morgan fingerprint density at radius 1 is 1.83 bits per heavy atom. The summed E-state index contributed by atoms with van der Waals surface area (Å²) in [4.78, 5) is 3.99. The highest BCUT2D eigenvalue weighted by atomic mass is 32.2. The largest absolute Gasteiger partial charge is 0.316 e. The van der Waals surface area contributed by atoms with Crippen LogP contribution in [0.2, 0.25) is 0 Å². The maximum Gasteiger partial charge on any atom is 0.169 e. The lowest BCUT2D eigenvalue weighted by molar-refractivity contribution is 0.803. The summed E-state index contributed by atoms with van der Waals surface area (Å²) in [5, 5.41) is 8.38. The third-order valence-electron chi connectivity index (χ3n) is 1.16. The molecule has 0 bridgehead atoms. The minimum Gasteiger partial charge on any atom is -0.316 e. The van der Waals surface area contributed by atoms with Crippen LogP contribution in [0.15, 0.2) is 10.7 Å². The molecule has 0 spiro atoms. The summed E-state index contributed by atoms with van der Waals surface area (Å²) < 4.78 is 4.78. The van der Waals surface area contributed by atoms with Crippen LogP contribution in [0.3, 0.4) is 0 Å². The van der Waals surface area contributed by atoms with Crippen LogP contribution in [-0.2, 0) is 0 Å². The highest BCUT2D eigenvalue weighted by Crippen LogP contribution is 2.18. The van der Waals surface area contributed by atoms with Gasteiger partial charge in [0, 0.05) is 5.75 Å². The monoisotopic (exact) mass is 200 g/mol. The molecule has 4 nitrogen and oxygen atoms in total. The van der Waals surface area contributed by atoms with Gasteiger partial charge < -0.3 is 5.73 Å². The van der Waals surface area contributed by atoms with Crippen molar-refractivity contribution in [2.75, 3.05) is 5.75 Å². The zero-order valence-corrected chi connectivity index (χ0v) is 7.94. The zero-order chi connectivity index (χ0) is 8.81. The van der Waals surface area contributed by atoms with Crippen molar-refractivity contribution in [3.63, 3.8) is 0 Å². The molecule has 1 atom stereocenters. The molecule has 0 aliphatic carbocycles. The van der Waals surface area contributed by atoms with Crippen molar-refractivity contribution in [3.8, 4) is 6.07 Å². The van der Waals surface area contributed by atoms with Crippen molar-refractivity contribution in [1.82, 2.24) is 9.36 Å². The fourth-order valence-corrected chi connectivity index (χ4v) is 2.10. The predicted molar refractivity (Wildman–Crippen MR) is 48.8 cm³/mol. The third kappa shape index (κ3) is 3.17. The molecule has 6 heteroatoms. The van der Waals surface area contributed by atoms with Crippen LogP contribution in [0.1, 0.15) is 6.42 Å². The van der Waals surface area contributed by atoms with E-state index in [4.69, 9.17) is 11.0 Å². The van der Waals surface area contributed by atoms with Gasteiger partial charge in [-0.1, -0.05) is 11.8 Å². The van der Waals surface area contributed by atoms with Gasteiger partial charge in [-0.25, -0.2) is 4.98 Å². The summed E-state index contributed by atoms with van der Waals surface area (Å²) in [5.74, 6) is 0.823. The normalized spacial score (nSPS) is 12.3. The van der Waals surface area contributed by atoms with Crippen molar-refractivity contribution in [3.05, 3.63) is 6.33 Å². The van der Waals surface area contributed by atoms with Gasteiger partial charge in [-0.2, -0.15) is 9.64 Å². The second kappa shape index (κ2) is 5.09. The molecule has 0 saturated carbocycles. The number of thioether (sulfide) groups is 1. The molecule has 2 N–H and O–H groups in total. The molecule has 1 rings (SSSR count). The molecular weight excluding hydrogens is 192 g/mol. The lowest BCUT2D eigenvalue weighted by Gasteiger charge is -1.98. The summed E-state index contributed by atoms with van der Waals surface area (Å²) in [6.07, 6.45) is 2.22. The van der Waals surface area contributed by atoms with Crippen LogP contribution in [0, 0.1) is 11.3 Å². The van der Waals surface area contributed by atoms with E-state index in [9.17, 15) is 0 Å². The van der Waals surface area contributed by atoms with Crippen LogP contribution in [-0.4, -0.2) is 21.2 Å². The zero-order valence-electron chi connectivity index (χ0n) is 6.30. The quantitative estimate of drug-likeness (QED) is 0.730. The standard InChI is InChI=1S/C6H8N4S2/c7-3-5(8)1-2-11-6-9-4-10-12-6/h4-5H,1-2,8H2. The van der Waals surface area contributed by atoms with Gasteiger partial charge in [-0.05, 0) is 18.0 Å². The van der Waals surface area contributed by atoms with Gasteiger partial charge in [0.1, 0.15) is 6.33 Å². The fourth-order valence-electron chi connectivity index (χ4n) is 0.564. The molecular formula is C6H8N4S2. The smallest absolute Gasteiger partial charge is 0.169 e. The van der Waals surface area contributed by atoms with E-state index < -0.39 is 0 Å². The van der Waals surface area contributed by atoms with Crippen molar-refractivity contribution in [2.24, 2.45) is 5.73 Å². The maximum absolute atomic E-state index is 8.38. The summed E-state index contributed by atoms with van der Waals surface area (Å²) in [7, 11) is 0. The first-order chi connectivity index (χ1) is 5.83. The molecule has 0 fully saturated rings. The molecule has 1 unspecified atom stereocenters. The summed E-state index contributed by atoms with van der Waals surface area (Å²) in [6.45, 7) is 0. The van der Waals surface area contributed by atoms with Crippen LogP contribution >= 0.6 is 23.3 Å². The van der Waals surface area contributed by atoms with E-state index in [0.29, 0.717) is 6.42 Å². The summed E-state index contributed by atoms with van der Waals surface area (Å²) >= 11 is 2.94. The molecule has 0 aromatic carbocycles. The van der Waals surface area contributed by atoms with E-state index in [1.54, 1.807) is 11.8 Å². The Morgan fingerprint density at radius 2 is 2.67 bits per heavy atom. The second-order valence-electron chi connectivity index (χ2n) is 2.08. The Hall–Kier alpha value is -0.640. The molecule has 0 amide bonds. The fraction of sp³-hybridized carbons (Fsp3) is 0.500. The van der Waals surface area contributed by atoms with Gasteiger partial charge in [0.05, 0.1) is 12.1 Å². The Labute approximate surface area is 79.0 Å². The van der Waals surface area contributed by atoms with Crippen LogP contribution < -0.4 is 5.73 Å². The van der Waals surface area contributed by atoms with E-state index in [0.717, 1.165) is 10.1 Å². The maximum atomic E-state index is 8.38. The van der Waals surface area contributed by atoms with Crippen molar-refractivity contribution in [2.45, 2.75) is 16.8 Å². The van der Waals surface area contributed by atoms with Crippen molar-refractivity contribution in [1.29, 1.82) is 5.26 Å². The second-order valence-corrected chi connectivity index (χ2v) is 4.20. The Kier molecular flexibility index (Phi) is 4.00. The SMILES string of the molecule is N#CC(N)CCSc1ncns1. The Balaban J connectivity index is 2.16. The van der Waals surface area contributed by atoms with E-state index in [1.165, 1.54) is 17.9 Å². The first kappa shape index (κ1) is 9.45.